The Balaban J connectivity index is 1.85. The smallest absolute Gasteiger partial charge is 0.259 e. The van der Waals surface area contributed by atoms with Gasteiger partial charge in [-0.2, -0.15) is 0 Å². The Morgan fingerprint density at radius 3 is 2.70 bits per heavy atom. The third-order valence-corrected chi connectivity index (χ3v) is 3.97. The Morgan fingerprint density at radius 2 is 1.96 bits per heavy atom. The highest BCUT2D eigenvalue weighted by Gasteiger charge is 2.19. The van der Waals surface area contributed by atoms with Gasteiger partial charge >= 0.3 is 0 Å². The molecule has 2 N–H and O–H groups in total. The quantitative estimate of drug-likeness (QED) is 0.615. The van der Waals surface area contributed by atoms with Gasteiger partial charge in [0, 0.05) is 19.2 Å². The lowest BCUT2D eigenvalue weighted by atomic mass is 10.1. The number of nitrogens with one attached hydrogen (secondary N) is 2. The summed E-state index contributed by atoms with van der Waals surface area (Å²) < 4.78 is 10.1. The van der Waals surface area contributed by atoms with Gasteiger partial charge in [-0.05, 0) is 13.0 Å². The van der Waals surface area contributed by atoms with Gasteiger partial charge in [0.15, 0.2) is 0 Å². The van der Waals surface area contributed by atoms with E-state index in [0.29, 0.717) is 35.5 Å². The van der Waals surface area contributed by atoms with E-state index in [4.69, 9.17) is 9.26 Å². The number of carbonyl (C=O) groups is 2. The molecule has 0 bridgehead atoms. The lowest BCUT2D eigenvalue weighted by molar-refractivity contribution is -0.120. The minimum Gasteiger partial charge on any atom is -0.383 e. The van der Waals surface area contributed by atoms with Crippen LogP contribution in [0.2, 0.25) is 0 Å². The van der Waals surface area contributed by atoms with Crippen LogP contribution < -0.4 is 10.6 Å². The van der Waals surface area contributed by atoms with Gasteiger partial charge in [-0.3, -0.25) is 9.59 Å². The molecule has 0 aliphatic heterocycles. The summed E-state index contributed by atoms with van der Waals surface area (Å²) in [6.45, 7) is 2.39. The molecule has 8 nitrogen and oxygen atoms in total. The highest BCUT2D eigenvalue weighted by atomic mass is 16.5. The molecule has 3 aromatic rings. The van der Waals surface area contributed by atoms with Gasteiger partial charge in [0.05, 0.1) is 35.5 Å². The van der Waals surface area contributed by atoms with E-state index in [1.165, 1.54) is 0 Å². The highest BCUT2D eigenvalue weighted by Crippen LogP contribution is 2.26. The predicted octanol–water partition coefficient (Wildman–Crippen LogP) is 1.69. The van der Waals surface area contributed by atoms with E-state index in [1.807, 2.05) is 30.3 Å². The maximum atomic E-state index is 12.7. The molecule has 1 aromatic carbocycles. The second kappa shape index (κ2) is 8.41. The van der Waals surface area contributed by atoms with Crippen LogP contribution in [0.3, 0.4) is 0 Å². The number of hydrogen-bond donors (Lipinski definition) is 2. The van der Waals surface area contributed by atoms with Gasteiger partial charge in [0.1, 0.15) is 0 Å². The zero-order valence-corrected chi connectivity index (χ0v) is 15.1. The predicted molar refractivity (Wildman–Crippen MR) is 99.2 cm³/mol. The number of hydrogen-bond acceptors (Lipinski definition) is 6. The first kappa shape index (κ1) is 18.5. The van der Waals surface area contributed by atoms with Gasteiger partial charge in [0.2, 0.25) is 5.91 Å². The molecule has 0 aliphatic rings. The highest BCUT2D eigenvalue weighted by molar-refractivity contribution is 6.07. The number of pyridine rings is 1. The number of aromatic nitrogens is 2. The third-order valence-electron chi connectivity index (χ3n) is 3.97. The summed E-state index contributed by atoms with van der Waals surface area (Å²) >= 11 is 0. The molecule has 0 saturated heterocycles. The van der Waals surface area contributed by atoms with E-state index in [9.17, 15) is 9.59 Å². The van der Waals surface area contributed by atoms with Crippen molar-refractivity contribution in [1.29, 1.82) is 0 Å². The fourth-order valence-electron chi connectivity index (χ4n) is 2.64. The second-order valence-electron chi connectivity index (χ2n) is 5.89. The molecule has 2 aromatic heterocycles. The van der Waals surface area contributed by atoms with E-state index >= 15 is 0 Å². The van der Waals surface area contributed by atoms with Crippen molar-refractivity contribution >= 4 is 22.9 Å². The van der Waals surface area contributed by atoms with Gasteiger partial charge in [-0.25, -0.2) is 4.98 Å². The number of amides is 2. The molecule has 0 saturated carbocycles. The van der Waals surface area contributed by atoms with Crippen LogP contribution in [0.5, 0.6) is 0 Å². The summed E-state index contributed by atoms with van der Waals surface area (Å²) in [4.78, 5) is 29.0. The Kier molecular flexibility index (Phi) is 5.77. The molecule has 8 heteroatoms. The van der Waals surface area contributed by atoms with E-state index in [-0.39, 0.29) is 18.2 Å². The first-order chi connectivity index (χ1) is 13.1. The molecule has 0 radical (unpaired) electrons. The number of rotatable bonds is 7. The van der Waals surface area contributed by atoms with E-state index in [0.717, 1.165) is 5.56 Å². The van der Waals surface area contributed by atoms with Gasteiger partial charge in [-0.1, -0.05) is 35.5 Å². The molecule has 2 amide bonds. The lowest BCUT2D eigenvalue weighted by Crippen LogP contribution is -2.38. The SMILES string of the molecule is COCCNC(=O)CNC(=O)c1cc(-c2ccccc2)nc2onc(C)c12. The largest absolute Gasteiger partial charge is 0.383 e. The summed E-state index contributed by atoms with van der Waals surface area (Å²) in [6.07, 6.45) is 0. The zero-order valence-electron chi connectivity index (χ0n) is 15.1. The topological polar surface area (TPSA) is 106 Å². The molecule has 140 valence electrons. The van der Waals surface area contributed by atoms with E-state index < -0.39 is 5.91 Å². The summed E-state index contributed by atoms with van der Waals surface area (Å²) in [5.74, 6) is -0.691. The van der Waals surface area contributed by atoms with Crippen molar-refractivity contribution in [1.82, 2.24) is 20.8 Å². The first-order valence-electron chi connectivity index (χ1n) is 8.46. The normalized spacial score (nSPS) is 10.7. The van der Waals surface area contributed by atoms with Crippen LogP contribution in [0, 0.1) is 6.92 Å². The van der Waals surface area contributed by atoms with Gasteiger partial charge in [-0.15, -0.1) is 0 Å². The maximum Gasteiger partial charge on any atom is 0.259 e. The molecule has 2 heterocycles. The van der Waals surface area contributed by atoms with Gasteiger partial charge in [0.25, 0.3) is 11.6 Å². The molecule has 27 heavy (non-hydrogen) atoms. The standard InChI is InChI=1S/C19H20N4O4/c1-12-17-14(18(25)21-11-16(24)20-8-9-26-2)10-15(22-19(17)27-23-12)13-6-4-3-5-7-13/h3-7,10H,8-9,11H2,1-2H3,(H,20,24)(H,21,25). The summed E-state index contributed by atoms with van der Waals surface area (Å²) in [5.41, 5.74) is 2.64. The number of methoxy groups -OCH3 is 1. The average Bonchev–Trinajstić information content (AvgIpc) is 3.07. The minimum absolute atomic E-state index is 0.142. The monoisotopic (exact) mass is 368 g/mol. The number of fused-ring (bicyclic) bond motifs is 1. The number of aryl methyl sites for hydroxylation is 1. The molecule has 0 aliphatic carbocycles. The first-order valence-corrected chi connectivity index (χ1v) is 8.46. The molecule has 0 fully saturated rings. The van der Waals surface area contributed by atoms with Crippen LogP contribution in [-0.4, -0.2) is 48.8 Å². The molecule has 3 rings (SSSR count). The van der Waals surface area contributed by atoms with Crippen LogP contribution in [0.15, 0.2) is 40.9 Å². The van der Waals surface area contributed by atoms with E-state index in [1.54, 1.807) is 20.1 Å². The van der Waals surface area contributed by atoms with Gasteiger partial charge < -0.3 is 19.9 Å². The second-order valence-corrected chi connectivity index (χ2v) is 5.89. The Morgan fingerprint density at radius 1 is 1.19 bits per heavy atom. The average molecular weight is 368 g/mol. The molecule has 0 spiro atoms. The minimum atomic E-state index is -0.396. The van der Waals surface area contributed by atoms with Crippen LogP contribution in [0.1, 0.15) is 16.1 Å². The molecular formula is C19H20N4O4. The summed E-state index contributed by atoms with van der Waals surface area (Å²) in [6, 6.07) is 11.1. The Bertz CT molecular complexity index is 953. The van der Waals surface area contributed by atoms with Crippen molar-refractivity contribution in [3.05, 3.63) is 47.7 Å². The lowest BCUT2D eigenvalue weighted by Gasteiger charge is -2.09. The number of nitrogens with zero attached hydrogens (tertiary/aromatic N) is 2. The molecule has 0 unspecified atom stereocenters. The summed E-state index contributed by atoms with van der Waals surface area (Å²) in [5, 5.41) is 9.72. The van der Waals surface area contributed by atoms with Crippen LogP contribution in [0.25, 0.3) is 22.4 Å². The van der Waals surface area contributed by atoms with Crippen molar-refractivity contribution in [3.8, 4) is 11.3 Å². The van der Waals surface area contributed by atoms with Crippen molar-refractivity contribution in [2.24, 2.45) is 0 Å². The maximum absolute atomic E-state index is 12.7. The van der Waals surface area contributed by atoms with E-state index in [2.05, 4.69) is 20.8 Å². The number of ether oxygens (including phenoxy) is 1. The van der Waals surface area contributed by atoms with Crippen molar-refractivity contribution < 1.29 is 18.8 Å². The summed E-state index contributed by atoms with van der Waals surface area (Å²) in [7, 11) is 1.55. The molecular weight excluding hydrogens is 348 g/mol. The number of benzene rings is 1. The van der Waals surface area contributed by atoms with Crippen LogP contribution in [-0.2, 0) is 9.53 Å². The van der Waals surface area contributed by atoms with Crippen molar-refractivity contribution in [3.63, 3.8) is 0 Å². The van der Waals surface area contributed by atoms with Crippen molar-refractivity contribution in [2.45, 2.75) is 6.92 Å². The Hall–Kier alpha value is -3.26. The third kappa shape index (κ3) is 4.29. The fourth-order valence-corrected chi connectivity index (χ4v) is 2.64. The van der Waals surface area contributed by atoms with Crippen LogP contribution in [0.4, 0.5) is 0 Å². The Labute approximate surface area is 155 Å². The zero-order chi connectivity index (χ0) is 19.2. The van der Waals surface area contributed by atoms with Crippen molar-refractivity contribution in [2.75, 3.05) is 26.8 Å². The number of carbonyl (C=O) groups excluding carboxylic acids is 2. The van der Waals surface area contributed by atoms with Crippen LogP contribution >= 0.6 is 0 Å². The molecule has 0 atom stereocenters. The fraction of sp³-hybridized carbons (Fsp3) is 0.263.